The smallest absolute Gasteiger partial charge is 0.251 e. The minimum absolute atomic E-state index is 0.111. The summed E-state index contributed by atoms with van der Waals surface area (Å²) in [6, 6.07) is 9.58. The number of pyridine rings is 1. The average Bonchev–Trinajstić information content (AvgIpc) is 2.99. The molecule has 1 aromatic carbocycles. The first-order valence-corrected chi connectivity index (χ1v) is 13.7. The van der Waals surface area contributed by atoms with E-state index in [9.17, 15) is 9.59 Å². The number of carbonyl (C=O) groups is 2. The van der Waals surface area contributed by atoms with Gasteiger partial charge in [0.1, 0.15) is 18.0 Å². The van der Waals surface area contributed by atoms with E-state index in [0.29, 0.717) is 23.8 Å². The van der Waals surface area contributed by atoms with Crippen LogP contribution in [-0.4, -0.2) is 68.3 Å². The third-order valence-corrected chi connectivity index (χ3v) is 7.59. The van der Waals surface area contributed by atoms with E-state index in [1.54, 1.807) is 26.2 Å². The number of fused-ring (bicyclic) bond motifs is 1. The Morgan fingerprint density at radius 1 is 1.05 bits per heavy atom. The van der Waals surface area contributed by atoms with Crippen molar-refractivity contribution in [3.8, 4) is 11.3 Å². The highest BCUT2D eigenvalue weighted by atomic mass is 16.2. The van der Waals surface area contributed by atoms with Gasteiger partial charge in [-0.15, -0.1) is 0 Å². The molecule has 2 N–H and O–H groups in total. The van der Waals surface area contributed by atoms with Crippen LogP contribution in [0.2, 0.25) is 0 Å². The Bertz CT molecular complexity index is 1500. The number of amides is 2. The minimum Gasteiger partial charge on any atom is -0.369 e. The molecule has 1 aliphatic heterocycles. The summed E-state index contributed by atoms with van der Waals surface area (Å²) in [6.45, 7) is 5.99. The fourth-order valence-corrected chi connectivity index (χ4v) is 5.21. The monoisotopic (exact) mass is 538 g/mol. The highest BCUT2D eigenvalue weighted by Gasteiger charge is 2.22. The van der Waals surface area contributed by atoms with Gasteiger partial charge in [0.2, 0.25) is 5.91 Å². The zero-order chi connectivity index (χ0) is 28.1. The molecular weight excluding hydrogens is 504 g/mol. The lowest BCUT2D eigenvalue weighted by molar-refractivity contribution is -0.130. The summed E-state index contributed by atoms with van der Waals surface area (Å²) < 4.78 is 0. The molecule has 0 radical (unpaired) electrons. The number of hydrogen-bond acceptors (Lipinski definition) is 8. The highest BCUT2D eigenvalue weighted by Crippen LogP contribution is 2.27. The standard InChI is InChI=1S/C30H34N8O2/c1-19(23-5-4-6-24-25(30(40)31-3)7-10-32-29(23)24)15-33-28-14-26(36-18-37-28)22-16-34-27(35-17-22)13-21-8-11-38(12-9-21)20(2)39/h4-7,10,14,16-19,21H,8-9,11-13,15H2,1-3H3,(H,31,40)(H,33,36,37)/t19-/m1/s1. The van der Waals surface area contributed by atoms with Gasteiger partial charge in [0.25, 0.3) is 5.91 Å². The predicted molar refractivity (Wildman–Crippen MR) is 154 cm³/mol. The molecule has 4 aromatic rings. The molecule has 1 fully saturated rings. The first-order valence-electron chi connectivity index (χ1n) is 13.7. The lowest BCUT2D eigenvalue weighted by Crippen LogP contribution is -2.37. The Kier molecular flexibility index (Phi) is 8.23. The van der Waals surface area contributed by atoms with E-state index in [2.05, 4.69) is 42.5 Å². The summed E-state index contributed by atoms with van der Waals surface area (Å²) in [7, 11) is 1.63. The summed E-state index contributed by atoms with van der Waals surface area (Å²) in [5.74, 6) is 2.14. The number of rotatable bonds is 8. The number of carbonyl (C=O) groups excluding carboxylic acids is 2. The van der Waals surface area contributed by atoms with Crippen molar-refractivity contribution in [2.45, 2.75) is 39.0 Å². The van der Waals surface area contributed by atoms with Crippen molar-refractivity contribution < 1.29 is 9.59 Å². The average molecular weight is 539 g/mol. The van der Waals surface area contributed by atoms with Crippen molar-refractivity contribution in [2.75, 3.05) is 32.0 Å². The van der Waals surface area contributed by atoms with Crippen molar-refractivity contribution in [3.05, 3.63) is 72.2 Å². The molecule has 4 heterocycles. The second-order valence-corrected chi connectivity index (χ2v) is 10.3. The van der Waals surface area contributed by atoms with Crippen LogP contribution < -0.4 is 10.6 Å². The van der Waals surface area contributed by atoms with Gasteiger partial charge in [0.05, 0.1) is 16.8 Å². The van der Waals surface area contributed by atoms with Gasteiger partial charge in [-0.25, -0.2) is 19.9 Å². The predicted octanol–water partition coefficient (Wildman–Crippen LogP) is 3.86. The van der Waals surface area contributed by atoms with Gasteiger partial charge in [-0.1, -0.05) is 25.1 Å². The van der Waals surface area contributed by atoms with E-state index in [0.717, 1.165) is 65.9 Å². The number of para-hydroxylation sites is 1. The Labute approximate surface area is 233 Å². The van der Waals surface area contributed by atoms with E-state index >= 15 is 0 Å². The molecule has 1 aliphatic rings. The van der Waals surface area contributed by atoms with E-state index in [1.807, 2.05) is 41.6 Å². The Hall–Kier alpha value is -4.47. The highest BCUT2D eigenvalue weighted by molar-refractivity contribution is 6.06. The van der Waals surface area contributed by atoms with Crippen LogP contribution in [0.25, 0.3) is 22.2 Å². The van der Waals surface area contributed by atoms with Crippen LogP contribution in [0.4, 0.5) is 5.82 Å². The zero-order valence-corrected chi connectivity index (χ0v) is 23.1. The number of likely N-dealkylation sites (tertiary alicyclic amines) is 1. The van der Waals surface area contributed by atoms with Crippen LogP contribution in [-0.2, 0) is 11.2 Å². The van der Waals surface area contributed by atoms with Gasteiger partial charge >= 0.3 is 0 Å². The number of piperidine rings is 1. The molecule has 1 saturated heterocycles. The van der Waals surface area contributed by atoms with Gasteiger partial charge in [0, 0.05) is 81.6 Å². The first-order chi connectivity index (χ1) is 19.4. The number of hydrogen-bond donors (Lipinski definition) is 2. The molecule has 0 spiro atoms. The zero-order valence-electron chi connectivity index (χ0n) is 23.1. The molecule has 0 aliphatic carbocycles. The molecular formula is C30H34N8O2. The SMILES string of the molecule is CNC(=O)c1ccnc2c([C@H](C)CNc3cc(-c4cnc(CC5CCN(C(C)=O)CC5)nc4)ncn3)cccc12. The number of anilines is 1. The summed E-state index contributed by atoms with van der Waals surface area (Å²) in [6.07, 6.45) is 9.61. The summed E-state index contributed by atoms with van der Waals surface area (Å²) in [4.78, 5) is 48.4. The minimum atomic E-state index is -0.129. The second-order valence-electron chi connectivity index (χ2n) is 10.3. The largest absolute Gasteiger partial charge is 0.369 e. The van der Waals surface area contributed by atoms with Crippen molar-refractivity contribution in [3.63, 3.8) is 0 Å². The number of benzene rings is 1. The maximum absolute atomic E-state index is 12.3. The number of nitrogens with one attached hydrogen (secondary N) is 2. The molecule has 1 atom stereocenters. The maximum atomic E-state index is 12.3. The van der Waals surface area contributed by atoms with Gasteiger partial charge in [0.15, 0.2) is 0 Å². The van der Waals surface area contributed by atoms with Crippen molar-refractivity contribution in [2.24, 2.45) is 5.92 Å². The summed E-state index contributed by atoms with van der Waals surface area (Å²) in [5.41, 5.74) is 4.06. The van der Waals surface area contributed by atoms with Crippen molar-refractivity contribution in [1.29, 1.82) is 0 Å². The lowest BCUT2D eigenvalue weighted by Gasteiger charge is -2.30. The number of nitrogens with zero attached hydrogens (tertiary/aromatic N) is 6. The van der Waals surface area contributed by atoms with Crippen LogP contribution in [0.15, 0.2) is 55.2 Å². The van der Waals surface area contributed by atoms with E-state index in [4.69, 9.17) is 0 Å². The third kappa shape index (κ3) is 6.06. The quantitative estimate of drug-likeness (QED) is 0.346. The van der Waals surface area contributed by atoms with Crippen LogP contribution in [0, 0.1) is 5.92 Å². The van der Waals surface area contributed by atoms with E-state index in [1.165, 1.54) is 6.33 Å². The molecule has 40 heavy (non-hydrogen) atoms. The Morgan fingerprint density at radius 2 is 1.82 bits per heavy atom. The van der Waals surface area contributed by atoms with Crippen LogP contribution >= 0.6 is 0 Å². The molecule has 0 unspecified atom stereocenters. The second kappa shape index (κ2) is 12.1. The molecule has 2 amide bonds. The van der Waals surface area contributed by atoms with Gasteiger partial charge in [-0.3, -0.25) is 14.6 Å². The van der Waals surface area contributed by atoms with Crippen LogP contribution in [0.5, 0.6) is 0 Å². The van der Waals surface area contributed by atoms with Gasteiger partial charge in [-0.05, 0) is 30.4 Å². The molecule has 10 nitrogen and oxygen atoms in total. The van der Waals surface area contributed by atoms with E-state index < -0.39 is 0 Å². The Balaban J connectivity index is 1.23. The number of aromatic nitrogens is 5. The topological polar surface area (TPSA) is 126 Å². The van der Waals surface area contributed by atoms with Gasteiger partial charge in [-0.2, -0.15) is 0 Å². The molecule has 3 aromatic heterocycles. The lowest BCUT2D eigenvalue weighted by atomic mass is 9.93. The molecule has 10 heteroatoms. The van der Waals surface area contributed by atoms with Crippen LogP contribution in [0.1, 0.15) is 54.4 Å². The molecule has 0 saturated carbocycles. The maximum Gasteiger partial charge on any atom is 0.251 e. The van der Waals surface area contributed by atoms with E-state index in [-0.39, 0.29) is 17.7 Å². The Morgan fingerprint density at radius 3 is 2.55 bits per heavy atom. The summed E-state index contributed by atoms with van der Waals surface area (Å²) >= 11 is 0. The molecule has 5 rings (SSSR count). The normalized spacial score (nSPS) is 14.6. The molecule has 0 bridgehead atoms. The van der Waals surface area contributed by atoms with Gasteiger partial charge < -0.3 is 15.5 Å². The van der Waals surface area contributed by atoms with Crippen molar-refractivity contribution in [1.82, 2.24) is 35.1 Å². The first kappa shape index (κ1) is 27.1. The van der Waals surface area contributed by atoms with Crippen molar-refractivity contribution >= 4 is 28.5 Å². The van der Waals surface area contributed by atoms with Crippen LogP contribution in [0.3, 0.4) is 0 Å². The third-order valence-electron chi connectivity index (χ3n) is 7.59. The fraction of sp³-hybridized carbons (Fsp3) is 0.367. The molecule has 206 valence electrons. The fourth-order valence-electron chi connectivity index (χ4n) is 5.21. The summed E-state index contributed by atoms with van der Waals surface area (Å²) in [5, 5.41) is 6.95.